The molecule has 0 N–H and O–H groups in total. The maximum atomic E-state index is 2.72. The Morgan fingerprint density at radius 1 is 1.07 bits per heavy atom. The molecule has 1 aliphatic heterocycles. The third-order valence-electron chi connectivity index (χ3n) is 4.72. The third kappa shape index (κ3) is 1.32. The second-order valence-electron chi connectivity index (χ2n) is 7.11. The van der Waals surface area contributed by atoms with Gasteiger partial charge in [-0.3, -0.25) is 4.90 Å². The minimum Gasteiger partial charge on any atom is -0.299 e. The molecule has 3 aliphatic rings. The lowest BCUT2D eigenvalue weighted by molar-refractivity contribution is -0.125. The summed E-state index contributed by atoms with van der Waals surface area (Å²) in [7, 11) is 0. The van der Waals surface area contributed by atoms with Crippen LogP contribution in [-0.4, -0.2) is 24.0 Å². The summed E-state index contributed by atoms with van der Waals surface area (Å²) in [6.07, 6.45) is 6.00. The van der Waals surface area contributed by atoms with E-state index in [4.69, 9.17) is 0 Å². The van der Waals surface area contributed by atoms with Crippen molar-refractivity contribution >= 4 is 0 Å². The Kier molecular flexibility index (Phi) is 1.68. The molecule has 0 aromatic heterocycles. The van der Waals surface area contributed by atoms with E-state index in [0.717, 1.165) is 17.4 Å². The molecule has 1 spiro atoms. The first-order valence-electron chi connectivity index (χ1n) is 6.23. The summed E-state index contributed by atoms with van der Waals surface area (Å²) in [4.78, 5) is 2.72. The lowest BCUT2D eigenvalue weighted by Gasteiger charge is -2.62. The van der Waals surface area contributed by atoms with Gasteiger partial charge in [0.25, 0.3) is 0 Å². The average molecular weight is 193 g/mol. The predicted molar refractivity (Wildman–Crippen MR) is 59.2 cm³/mol. The summed E-state index contributed by atoms with van der Waals surface area (Å²) >= 11 is 0. The molecule has 1 saturated heterocycles. The highest BCUT2D eigenvalue weighted by molar-refractivity contribution is 5.09. The molecular formula is C13H23N. The van der Waals surface area contributed by atoms with Crippen molar-refractivity contribution in [1.82, 2.24) is 4.90 Å². The summed E-state index contributed by atoms with van der Waals surface area (Å²) in [5, 5.41) is 0. The van der Waals surface area contributed by atoms with Crippen LogP contribution in [0.3, 0.4) is 0 Å². The van der Waals surface area contributed by atoms with Crippen LogP contribution >= 0.6 is 0 Å². The van der Waals surface area contributed by atoms with E-state index in [2.05, 4.69) is 25.7 Å². The van der Waals surface area contributed by atoms with Crippen LogP contribution < -0.4 is 0 Å². The lowest BCUT2D eigenvalue weighted by Crippen LogP contribution is -2.64. The molecule has 0 unspecified atom stereocenters. The Morgan fingerprint density at radius 3 is 2.07 bits per heavy atom. The number of nitrogens with zero attached hydrogens (tertiary/aromatic N) is 1. The molecule has 14 heavy (non-hydrogen) atoms. The molecule has 1 heterocycles. The fourth-order valence-electron chi connectivity index (χ4n) is 3.37. The smallest absolute Gasteiger partial charge is 0.00969 e. The Balaban J connectivity index is 1.51. The van der Waals surface area contributed by atoms with E-state index in [9.17, 15) is 0 Å². The SMILES string of the molecule is CC(C)(C)C1CC2(C1)CN(C1CC1)C2. The molecule has 0 amide bonds. The summed E-state index contributed by atoms with van der Waals surface area (Å²) in [6.45, 7) is 10.1. The van der Waals surface area contributed by atoms with Gasteiger partial charge in [-0.05, 0) is 42.4 Å². The quantitative estimate of drug-likeness (QED) is 0.619. The zero-order chi connectivity index (χ0) is 9.97. The molecule has 3 rings (SSSR count). The van der Waals surface area contributed by atoms with Gasteiger partial charge >= 0.3 is 0 Å². The van der Waals surface area contributed by atoms with E-state index in [-0.39, 0.29) is 0 Å². The summed E-state index contributed by atoms with van der Waals surface area (Å²) < 4.78 is 0. The molecule has 2 saturated carbocycles. The molecular weight excluding hydrogens is 170 g/mol. The zero-order valence-corrected chi connectivity index (χ0v) is 9.84. The number of rotatable bonds is 1. The first-order valence-corrected chi connectivity index (χ1v) is 6.23. The standard InChI is InChI=1S/C13H23N/c1-12(2,3)10-6-13(7-10)8-14(9-13)11-4-5-11/h10-11H,4-9H2,1-3H3. The molecule has 1 nitrogen and oxygen atoms in total. The van der Waals surface area contributed by atoms with E-state index in [1.54, 1.807) is 0 Å². The van der Waals surface area contributed by atoms with Gasteiger partial charge in [0, 0.05) is 19.1 Å². The van der Waals surface area contributed by atoms with Crippen molar-refractivity contribution in [2.75, 3.05) is 13.1 Å². The Bertz CT molecular complexity index is 232. The van der Waals surface area contributed by atoms with Gasteiger partial charge in [-0.1, -0.05) is 20.8 Å². The minimum atomic E-state index is 0.561. The summed E-state index contributed by atoms with van der Waals surface area (Å²) in [5.74, 6) is 1.00. The van der Waals surface area contributed by atoms with Gasteiger partial charge in [0.1, 0.15) is 0 Å². The normalized spacial score (nSPS) is 32.8. The Labute approximate surface area is 87.9 Å². The van der Waals surface area contributed by atoms with Gasteiger partial charge in [-0.25, -0.2) is 0 Å². The van der Waals surface area contributed by atoms with Crippen molar-refractivity contribution < 1.29 is 0 Å². The molecule has 0 atom stereocenters. The maximum absolute atomic E-state index is 2.72. The van der Waals surface area contributed by atoms with Gasteiger partial charge in [-0.2, -0.15) is 0 Å². The van der Waals surface area contributed by atoms with Gasteiger partial charge < -0.3 is 0 Å². The number of likely N-dealkylation sites (tertiary alicyclic amines) is 1. The van der Waals surface area contributed by atoms with Crippen molar-refractivity contribution in [2.45, 2.75) is 52.5 Å². The molecule has 80 valence electrons. The zero-order valence-electron chi connectivity index (χ0n) is 9.84. The van der Waals surface area contributed by atoms with E-state index < -0.39 is 0 Å². The highest BCUT2D eigenvalue weighted by Crippen LogP contribution is 2.58. The molecule has 0 aromatic rings. The van der Waals surface area contributed by atoms with Crippen LogP contribution in [-0.2, 0) is 0 Å². The molecule has 0 radical (unpaired) electrons. The number of hydrogen-bond donors (Lipinski definition) is 0. The highest BCUT2D eigenvalue weighted by atomic mass is 15.3. The monoisotopic (exact) mass is 193 g/mol. The van der Waals surface area contributed by atoms with Gasteiger partial charge in [0.05, 0.1) is 0 Å². The Hall–Kier alpha value is -0.0400. The van der Waals surface area contributed by atoms with E-state index in [1.807, 2.05) is 0 Å². The van der Waals surface area contributed by atoms with Crippen LogP contribution in [0.25, 0.3) is 0 Å². The largest absolute Gasteiger partial charge is 0.299 e. The molecule has 1 heteroatoms. The fraction of sp³-hybridized carbons (Fsp3) is 1.00. The van der Waals surface area contributed by atoms with E-state index in [0.29, 0.717) is 5.41 Å². The molecule has 3 fully saturated rings. The second-order valence-corrected chi connectivity index (χ2v) is 7.11. The highest BCUT2D eigenvalue weighted by Gasteiger charge is 2.56. The topological polar surface area (TPSA) is 3.24 Å². The first kappa shape index (κ1) is 9.21. The average Bonchev–Trinajstić information content (AvgIpc) is 2.59. The van der Waals surface area contributed by atoms with Crippen molar-refractivity contribution in [1.29, 1.82) is 0 Å². The van der Waals surface area contributed by atoms with E-state index in [1.165, 1.54) is 38.8 Å². The molecule has 0 aromatic carbocycles. The van der Waals surface area contributed by atoms with E-state index >= 15 is 0 Å². The van der Waals surface area contributed by atoms with Crippen LogP contribution in [0.15, 0.2) is 0 Å². The van der Waals surface area contributed by atoms with Gasteiger partial charge in [0.2, 0.25) is 0 Å². The third-order valence-corrected chi connectivity index (χ3v) is 4.72. The van der Waals surface area contributed by atoms with Crippen LogP contribution in [0.1, 0.15) is 46.5 Å². The van der Waals surface area contributed by atoms with Crippen LogP contribution in [0.2, 0.25) is 0 Å². The summed E-state index contributed by atoms with van der Waals surface area (Å²) in [5.41, 5.74) is 1.35. The van der Waals surface area contributed by atoms with Crippen LogP contribution in [0, 0.1) is 16.7 Å². The number of hydrogen-bond acceptors (Lipinski definition) is 1. The van der Waals surface area contributed by atoms with Gasteiger partial charge in [0.15, 0.2) is 0 Å². The predicted octanol–water partition coefficient (Wildman–Crippen LogP) is 2.91. The fourth-order valence-corrected chi connectivity index (χ4v) is 3.37. The van der Waals surface area contributed by atoms with Gasteiger partial charge in [-0.15, -0.1) is 0 Å². The van der Waals surface area contributed by atoms with Crippen molar-refractivity contribution in [3.05, 3.63) is 0 Å². The molecule has 2 aliphatic carbocycles. The first-order chi connectivity index (χ1) is 6.49. The Morgan fingerprint density at radius 2 is 1.64 bits per heavy atom. The minimum absolute atomic E-state index is 0.561. The molecule has 0 bridgehead atoms. The maximum Gasteiger partial charge on any atom is 0.00969 e. The van der Waals surface area contributed by atoms with Crippen molar-refractivity contribution in [3.8, 4) is 0 Å². The van der Waals surface area contributed by atoms with Crippen LogP contribution in [0.4, 0.5) is 0 Å². The lowest BCUT2D eigenvalue weighted by atomic mass is 9.52. The second kappa shape index (κ2) is 2.55. The van der Waals surface area contributed by atoms with Crippen molar-refractivity contribution in [3.63, 3.8) is 0 Å². The van der Waals surface area contributed by atoms with Crippen molar-refractivity contribution in [2.24, 2.45) is 16.7 Å². The summed E-state index contributed by atoms with van der Waals surface area (Å²) in [6, 6.07) is 1.01. The van der Waals surface area contributed by atoms with Crippen LogP contribution in [0.5, 0.6) is 0 Å².